The highest BCUT2D eigenvalue weighted by Gasteiger charge is 2.45. The van der Waals surface area contributed by atoms with Crippen LogP contribution in [0.3, 0.4) is 0 Å². The lowest BCUT2D eigenvalue weighted by molar-refractivity contribution is -0.139. The van der Waals surface area contributed by atoms with E-state index >= 15 is 0 Å². The number of aliphatic imine (C=N–C) groups is 1. The number of rotatable bonds is 0. The van der Waals surface area contributed by atoms with Crippen molar-refractivity contribution in [2.24, 2.45) is 10.7 Å². The van der Waals surface area contributed by atoms with Gasteiger partial charge in [0.1, 0.15) is 6.42 Å². The van der Waals surface area contributed by atoms with Crippen molar-refractivity contribution in [3.8, 4) is 0 Å². The van der Waals surface area contributed by atoms with Gasteiger partial charge in [-0.05, 0) is 12.1 Å². The van der Waals surface area contributed by atoms with E-state index < -0.39 is 23.3 Å². The third-order valence-electron chi connectivity index (χ3n) is 3.57. The summed E-state index contributed by atoms with van der Waals surface area (Å²) < 4.78 is 1.07. The van der Waals surface area contributed by atoms with E-state index in [9.17, 15) is 14.4 Å². The van der Waals surface area contributed by atoms with Gasteiger partial charge in [0.15, 0.2) is 0 Å². The Labute approximate surface area is 128 Å². The van der Waals surface area contributed by atoms with Gasteiger partial charge in [-0.25, -0.2) is 9.55 Å². The van der Waals surface area contributed by atoms with Gasteiger partial charge in [0, 0.05) is 0 Å². The zero-order valence-electron chi connectivity index (χ0n) is 11.7. The Balaban J connectivity index is 2.06. The van der Waals surface area contributed by atoms with Gasteiger partial charge in [-0.1, -0.05) is 12.1 Å². The maximum atomic E-state index is 12.8. The number of hydrogen-bond acceptors (Lipinski definition) is 7. The number of benzene rings is 1. The topological polar surface area (TPSA) is 144 Å². The van der Waals surface area contributed by atoms with Gasteiger partial charge in [-0.3, -0.25) is 30.3 Å². The lowest BCUT2D eigenvalue weighted by Gasteiger charge is -2.39. The van der Waals surface area contributed by atoms with E-state index in [2.05, 4.69) is 25.9 Å². The number of hydrogen-bond donors (Lipinski definition) is 4. The Hall–Kier alpha value is -3.43. The van der Waals surface area contributed by atoms with E-state index in [1.165, 1.54) is 0 Å². The Morgan fingerprint density at radius 1 is 1.13 bits per heavy atom. The third kappa shape index (κ3) is 1.84. The Kier molecular flexibility index (Phi) is 2.47. The molecule has 1 aromatic heterocycles. The van der Waals surface area contributed by atoms with Crippen LogP contribution in [-0.4, -0.2) is 27.3 Å². The van der Waals surface area contributed by atoms with Gasteiger partial charge in [0.25, 0.3) is 5.56 Å². The number of carbonyl (C=O) groups is 2. The molecule has 0 radical (unpaired) electrons. The molecule has 1 fully saturated rings. The van der Waals surface area contributed by atoms with Crippen LogP contribution in [0.25, 0.3) is 10.9 Å². The van der Waals surface area contributed by atoms with Crippen LogP contribution in [-0.2, 0) is 15.5 Å². The zero-order valence-corrected chi connectivity index (χ0v) is 11.7. The molecule has 2 aliphatic heterocycles. The molecule has 116 valence electrons. The van der Waals surface area contributed by atoms with Crippen molar-refractivity contribution in [1.29, 1.82) is 0 Å². The first-order valence-corrected chi connectivity index (χ1v) is 6.75. The second kappa shape index (κ2) is 4.29. The van der Waals surface area contributed by atoms with Crippen LogP contribution in [0.5, 0.6) is 0 Å². The number of anilines is 1. The van der Waals surface area contributed by atoms with Crippen LogP contribution < -0.4 is 27.2 Å². The predicted octanol–water partition coefficient (Wildman–Crippen LogP) is -1.66. The van der Waals surface area contributed by atoms with Gasteiger partial charge in [0.05, 0.1) is 10.9 Å². The summed E-state index contributed by atoms with van der Waals surface area (Å²) in [6.07, 6.45) is -0.351. The molecule has 0 unspecified atom stereocenters. The highest BCUT2D eigenvalue weighted by atomic mass is 16.2. The summed E-state index contributed by atoms with van der Waals surface area (Å²) in [5, 5.41) is 7.99. The molecule has 5 N–H and O–H groups in total. The predicted molar refractivity (Wildman–Crippen MR) is 80.1 cm³/mol. The van der Waals surface area contributed by atoms with E-state index in [0.29, 0.717) is 10.9 Å². The summed E-state index contributed by atoms with van der Waals surface area (Å²) in [7, 11) is 0. The van der Waals surface area contributed by atoms with E-state index in [0.717, 1.165) is 4.57 Å². The summed E-state index contributed by atoms with van der Waals surface area (Å²) >= 11 is 0. The number of fused-ring (bicyclic) bond motifs is 3. The molecular formula is C13H11N7O3. The minimum atomic E-state index is -1.81. The van der Waals surface area contributed by atoms with E-state index in [-0.39, 0.29) is 18.3 Å². The van der Waals surface area contributed by atoms with E-state index in [1.807, 2.05) is 0 Å². The molecular weight excluding hydrogens is 302 g/mol. The largest absolute Gasteiger partial charge is 0.369 e. The lowest BCUT2D eigenvalue weighted by Crippen LogP contribution is -2.69. The SMILES string of the molecule is NC1=NC2(NC(=O)CC(=O)N2)n2c(nc3ccccc3c2=O)N1. The highest BCUT2D eigenvalue weighted by Crippen LogP contribution is 2.23. The number of guanidine groups is 1. The number of amides is 2. The number of para-hydroxylation sites is 1. The van der Waals surface area contributed by atoms with Crippen molar-refractivity contribution in [2.45, 2.75) is 12.3 Å². The zero-order chi connectivity index (χ0) is 16.2. The van der Waals surface area contributed by atoms with Gasteiger partial charge >= 0.3 is 5.91 Å². The van der Waals surface area contributed by atoms with Gasteiger partial charge in [0.2, 0.25) is 23.7 Å². The Bertz CT molecular complexity index is 946. The molecule has 2 amide bonds. The molecule has 0 aliphatic carbocycles. The third-order valence-corrected chi connectivity index (χ3v) is 3.57. The number of nitrogens with one attached hydrogen (secondary N) is 3. The fourth-order valence-electron chi connectivity index (χ4n) is 2.71. The second-order valence-electron chi connectivity index (χ2n) is 5.16. The summed E-state index contributed by atoms with van der Waals surface area (Å²) in [5.41, 5.74) is 5.70. The van der Waals surface area contributed by atoms with Crippen LogP contribution in [0.15, 0.2) is 34.1 Å². The highest BCUT2D eigenvalue weighted by molar-refractivity contribution is 6.01. The van der Waals surface area contributed by atoms with Crippen LogP contribution in [0.2, 0.25) is 0 Å². The number of aromatic nitrogens is 2. The molecule has 0 bridgehead atoms. The quantitative estimate of drug-likeness (QED) is 0.429. The fourth-order valence-corrected chi connectivity index (χ4v) is 2.71. The monoisotopic (exact) mass is 313 g/mol. The summed E-state index contributed by atoms with van der Waals surface area (Å²) in [6, 6.07) is 6.70. The fraction of sp³-hybridized carbons (Fsp3) is 0.154. The molecule has 0 atom stereocenters. The molecule has 4 rings (SSSR count). The van der Waals surface area contributed by atoms with Crippen molar-refractivity contribution in [1.82, 2.24) is 20.2 Å². The van der Waals surface area contributed by atoms with Crippen LogP contribution in [0.1, 0.15) is 6.42 Å². The molecule has 1 spiro atoms. The van der Waals surface area contributed by atoms with Crippen LogP contribution >= 0.6 is 0 Å². The molecule has 2 aromatic rings. The first-order valence-electron chi connectivity index (χ1n) is 6.75. The Morgan fingerprint density at radius 3 is 2.57 bits per heavy atom. The molecule has 23 heavy (non-hydrogen) atoms. The van der Waals surface area contributed by atoms with Crippen LogP contribution in [0, 0.1) is 0 Å². The van der Waals surface area contributed by atoms with Gasteiger partial charge in [-0.15, -0.1) is 0 Å². The molecule has 3 heterocycles. The van der Waals surface area contributed by atoms with Crippen molar-refractivity contribution in [3.05, 3.63) is 34.6 Å². The first kappa shape index (κ1) is 13.2. The molecule has 2 aliphatic rings. The molecule has 1 aromatic carbocycles. The number of carbonyl (C=O) groups excluding carboxylic acids is 2. The maximum Gasteiger partial charge on any atom is 0.307 e. The minimum Gasteiger partial charge on any atom is -0.369 e. The van der Waals surface area contributed by atoms with Crippen molar-refractivity contribution in [3.63, 3.8) is 0 Å². The maximum absolute atomic E-state index is 12.8. The minimum absolute atomic E-state index is 0.0729. The number of nitrogens with zero attached hydrogens (tertiary/aromatic N) is 3. The van der Waals surface area contributed by atoms with Gasteiger partial charge < -0.3 is 5.73 Å². The normalized spacial score (nSPS) is 18.7. The molecule has 10 heteroatoms. The first-order chi connectivity index (χ1) is 11.0. The van der Waals surface area contributed by atoms with E-state index in [4.69, 9.17) is 5.73 Å². The average molecular weight is 313 g/mol. The van der Waals surface area contributed by atoms with Crippen LogP contribution in [0.4, 0.5) is 5.95 Å². The average Bonchev–Trinajstić information content (AvgIpc) is 2.45. The standard InChI is InChI=1S/C13H11N7O3/c14-11-16-12-15-7-4-2-1-3-6(7)10(23)20(12)13(19-11)17-8(21)5-9(22)18-13/h1-4H,5H2,(H,17,21)(H,18,22)(H3,14,15,16,19). The Morgan fingerprint density at radius 2 is 1.83 bits per heavy atom. The molecule has 1 saturated heterocycles. The van der Waals surface area contributed by atoms with Crippen molar-refractivity contribution >= 4 is 34.6 Å². The van der Waals surface area contributed by atoms with Crippen molar-refractivity contribution < 1.29 is 9.59 Å². The van der Waals surface area contributed by atoms with E-state index in [1.54, 1.807) is 24.3 Å². The molecule has 0 saturated carbocycles. The van der Waals surface area contributed by atoms with Gasteiger partial charge in [-0.2, -0.15) is 4.99 Å². The second-order valence-corrected chi connectivity index (χ2v) is 5.16. The number of nitrogens with two attached hydrogens (primary N) is 1. The summed E-state index contributed by atoms with van der Waals surface area (Å²) in [4.78, 5) is 44.8. The van der Waals surface area contributed by atoms with Crippen molar-refractivity contribution in [2.75, 3.05) is 5.32 Å². The summed E-state index contributed by atoms with van der Waals surface area (Å²) in [5.74, 6) is -2.97. The smallest absolute Gasteiger partial charge is 0.307 e. The summed E-state index contributed by atoms with van der Waals surface area (Å²) in [6.45, 7) is 0. The lowest BCUT2D eigenvalue weighted by atomic mass is 10.2. The molecule has 10 nitrogen and oxygen atoms in total.